The zero-order chi connectivity index (χ0) is 17.8. The molecule has 0 amide bonds. The van der Waals surface area contributed by atoms with Gasteiger partial charge in [-0.25, -0.2) is 18.2 Å². The van der Waals surface area contributed by atoms with Crippen LogP contribution in [0.25, 0.3) is 11.3 Å². The van der Waals surface area contributed by atoms with Crippen LogP contribution in [-0.4, -0.2) is 37.9 Å². The first-order valence-electron chi connectivity index (χ1n) is 8.45. The average Bonchev–Trinajstić information content (AvgIpc) is 3.16. The molecule has 2 unspecified atom stereocenters. The Morgan fingerprint density at radius 3 is 2.64 bits per heavy atom. The molecule has 0 radical (unpaired) electrons. The highest BCUT2D eigenvalue weighted by Crippen LogP contribution is 2.50. The highest BCUT2D eigenvalue weighted by molar-refractivity contribution is 5.69. The lowest BCUT2D eigenvalue weighted by Crippen LogP contribution is -2.47. The lowest BCUT2D eigenvalue weighted by atomic mass is 9.79. The summed E-state index contributed by atoms with van der Waals surface area (Å²) >= 11 is 0. The Morgan fingerprint density at radius 2 is 1.92 bits per heavy atom. The first-order chi connectivity index (χ1) is 11.9. The molecular formula is C18H19F3N2O2. The molecule has 7 heteroatoms. The maximum absolute atomic E-state index is 15.3. The summed E-state index contributed by atoms with van der Waals surface area (Å²) in [6.45, 7) is 0. The van der Waals surface area contributed by atoms with E-state index in [0.29, 0.717) is 36.9 Å². The smallest absolute Gasteiger partial charge is 0.298 e. The minimum Gasteiger partial charge on any atom is -0.393 e. The summed E-state index contributed by atoms with van der Waals surface area (Å²) in [4.78, 5) is 3.91. The molecule has 0 spiro atoms. The van der Waals surface area contributed by atoms with Gasteiger partial charge in [-0.3, -0.25) is 0 Å². The molecule has 0 bridgehead atoms. The van der Waals surface area contributed by atoms with E-state index in [1.807, 2.05) is 0 Å². The molecule has 1 fully saturated rings. The van der Waals surface area contributed by atoms with Gasteiger partial charge in [-0.1, -0.05) is 12.1 Å². The lowest BCUT2D eigenvalue weighted by molar-refractivity contribution is -0.159. The third kappa shape index (κ3) is 2.48. The maximum atomic E-state index is 15.3. The summed E-state index contributed by atoms with van der Waals surface area (Å²) in [6.07, 6.45) is 1.71. The van der Waals surface area contributed by atoms with Crippen molar-refractivity contribution in [3.05, 3.63) is 42.1 Å². The number of imidazole rings is 1. The van der Waals surface area contributed by atoms with Crippen molar-refractivity contribution in [3.8, 4) is 11.3 Å². The van der Waals surface area contributed by atoms with Gasteiger partial charge < -0.3 is 14.8 Å². The van der Waals surface area contributed by atoms with Gasteiger partial charge in [-0.2, -0.15) is 0 Å². The molecule has 2 heterocycles. The molecule has 2 N–H and O–H groups in total. The molecule has 25 heavy (non-hydrogen) atoms. The Bertz CT molecular complexity index is 784. The molecule has 1 aliphatic heterocycles. The number of rotatable bonds is 3. The summed E-state index contributed by atoms with van der Waals surface area (Å²) < 4.78 is 46.2. The summed E-state index contributed by atoms with van der Waals surface area (Å²) in [5.41, 5.74) is 0.707. The fraction of sp³-hybridized carbons (Fsp3) is 0.500. The minimum absolute atomic E-state index is 0.0974. The van der Waals surface area contributed by atoms with Crippen molar-refractivity contribution < 1.29 is 23.4 Å². The van der Waals surface area contributed by atoms with Gasteiger partial charge in [0.1, 0.15) is 18.0 Å². The molecule has 1 aromatic heterocycles. The SMILES string of the molecule is OC1CCC(C(O)C(F)(F)C2c3c(F)cccc3-c3cncn32)CC1. The minimum atomic E-state index is -3.56. The third-order valence-corrected chi connectivity index (χ3v) is 5.49. The molecule has 1 aromatic carbocycles. The van der Waals surface area contributed by atoms with Crippen LogP contribution in [0, 0.1) is 11.7 Å². The molecular weight excluding hydrogens is 333 g/mol. The van der Waals surface area contributed by atoms with Crippen molar-refractivity contribution >= 4 is 0 Å². The number of nitrogens with zero attached hydrogens (tertiary/aromatic N) is 2. The lowest BCUT2D eigenvalue weighted by Gasteiger charge is -2.36. The van der Waals surface area contributed by atoms with E-state index in [1.165, 1.54) is 23.2 Å². The van der Waals surface area contributed by atoms with E-state index in [0.717, 1.165) is 6.07 Å². The van der Waals surface area contributed by atoms with Crippen molar-refractivity contribution in [2.45, 2.75) is 49.9 Å². The van der Waals surface area contributed by atoms with Crippen molar-refractivity contribution in [1.29, 1.82) is 0 Å². The zero-order valence-corrected chi connectivity index (χ0v) is 13.4. The van der Waals surface area contributed by atoms with Crippen molar-refractivity contribution in [2.24, 2.45) is 5.92 Å². The summed E-state index contributed by atoms with van der Waals surface area (Å²) in [5.74, 6) is -4.89. The molecule has 134 valence electrons. The van der Waals surface area contributed by atoms with Gasteiger partial charge in [0.15, 0.2) is 0 Å². The van der Waals surface area contributed by atoms with Crippen LogP contribution >= 0.6 is 0 Å². The maximum Gasteiger partial charge on any atom is 0.298 e. The van der Waals surface area contributed by atoms with Crippen molar-refractivity contribution in [2.75, 3.05) is 0 Å². The second-order valence-electron chi connectivity index (χ2n) is 6.98. The second kappa shape index (κ2) is 5.85. The zero-order valence-electron chi connectivity index (χ0n) is 13.4. The van der Waals surface area contributed by atoms with Crippen LogP contribution in [0.4, 0.5) is 13.2 Å². The van der Waals surface area contributed by atoms with Crippen LogP contribution in [0.2, 0.25) is 0 Å². The molecule has 1 saturated carbocycles. The van der Waals surface area contributed by atoms with Crippen LogP contribution in [0.1, 0.15) is 37.3 Å². The highest BCUT2D eigenvalue weighted by atomic mass is 19.3. The largest absolute Gasteiger partial charge is 0.393 e. The number of halogens is 3. The Balaban J connectivity index is 1.73. The van der Waals surface area contributed by atoms with Gasteiger partial charge >= 0.3 is 0 Å². The monoisotopic (exact) mass is 352 g/mol. The van der Waals surface area contributed by atoms with Crippen LogP contribution in [0.3, 0.4) is 0 Å². The van der Waals surface area contributed by atoms with Gasteiger partial charge in [-0.15, -0.1) is 0 Å². The van der Waals surface area contributed by atoms with E-state index in [2.05, 4.69) is 4.98 Å². The second-order valence-corrected chi connectivity index (χ2v) is 6.98. The van der Waals surface area contributed by atoms with E-state index < -0.39 is 35.9 Å². The number of aromatic nitrogens is 2. The number of fused-ring (bicyclic) bond motifs is 3. The Morgan fingerprint density at radius 1 is 1.20 bits per heavy atom. The molecule has 2 aromatic rings. The first-order valence-corrected chi connectivity index (χ1v) is 8.45. The van der Waals surface area contributed by atoms with Crippen molar-refractivity contribution in [1.82, 2.24) is 9.55 Å². The molecule has 2 aliphatic rings. The summed E-state index contributed by atoms with van der Waals surface area (Å²) in [7, 11) is 0. The van der Waals surface area contributed by atoms with Gasteiger partial charge in [-0.05, 0) is 37.7 Å². The summed E-state index contributed by atoms with van der Waals surface area (Å²) in [6, 6.07) is 2.60. The van der Waals surface area contributed by atoms with Crippen LogP contribution < -0.4 is 0 Å². The predicted octanol–water partition coefficient (Wildman–Crippen LogP) is 3.14. The number of aliphatic hydroxyl groups is 2. The third-order valence-electron chi connectivity index (χ3n) is 5.49. The Kier molecular flexibility index (Phi) is 3.88. The van der Waals surface area contributed by atoms with Gasteiger partial charge in [0, 0.05) is 11.1 Å². The van der Waals surface area contributed by atoms with Gasteiger partial charge in [0.2, 0.25) is 0 Å². The number of hydrogen-bond acceptors (Lipinski definition) is 3. The standard InChI is InChI=1S/C18H19F3N2O2/c19-13-3-1-2-12-14-8-22-9-23(14)16(15(12)13)18(20,21)17(25)10-4-6-11(24)7-5-10/h1-3,8-11,16-17,24-25H,4-7H2. The Hall–Kier alpha value is -1.86. The topological polar surface area (TPSA) is 58.3 Å². The molecule has 4 rings (SSSR count). The molecule has 1 aliphatic carbocycles. The first kappa shape index (κ1) is 16.6. The molecule has 0 saturated heterocycles. The number of benzene rings is 1. The van der Waals surface area contributed by atoms with Crippen LogP contribution in [0.15, 0.2) is 30.7 Å². The van der Waals surface area contributed by atoms with E-state index >= 15 is 8.78 Å². The van der Waals surface area contributed by atoms with Gasteiger partial charge in [0.05, 0.1) is 24.3 Å². The number of aliphatic hydroxyl groups excluding tert-OH is 2. The van der Waals surface area contributed by atoms with E-state index in [-0.39, 0.29) is 5.56 Å². The van der Waals surface area contributed by atoms with Crippen molar-refractivity contribution in [3.63, 3.8) is 0 Å². The van der Waals surface area contributed by atoms with Gasteiger partial charge in [0.25, 0.3) is 5.92 Å². The summed E-state index contributed by atoms with van der Waals surface area (Å²) in [5, 5.41) is 20.0. The molecule has 4 nitrogen and oxygen atoms in total. The van der Waals surface area contributed by atoms with E-state index in [9.17, 15) is 14.6 Å². The predicted molar refractivity (Wildman–Crippen MR) is 84.7 cm³/mol. The normalized spacial score (nSPS) is 27.0. The average molecular weight is 352 g/mol. The fourth-order valence-electron chi connectivity index (χ4n) is 4.17. The van der Waals surface area contributed by atoms with Crippen LogP contribution in [0.5, 0.6) is 0 Å². The number of hydrogen-bond donors (Lipinski definition) is 2. The Labute approximate surface area is 142 Å². The highest BCUT2D eigenvalue weighted by Gasteiger charge is 2.55. The quantitative estimate of drug-likeness (QED) is 0.892. The fourth-order valence-corrected chi connectivity index (χ4v) is 4.17. The molecule has 2 atom stereocenters. The number of alkyl halides is 2. The van der Waals surface area contributed by atoms with Crippen LogP contribution in [-0.2, 0) is 0 Å². The van der Waals surface area contributed by atoms with E-state index in [4.69, 9.17) is 0 Å². The van der Waals surface area contributed by atoms with E-state index in [1.54, 1.807) is 6.07 Å².